The summed E-state index contributed by atoms with van der Waals surface area (Å²) in [4.78, 5) is 2.07. The number of nitrogens with two attached hydrogens (primary N) is 1. The maximum absolute atomic E-state index is 14.2. The number of hydrogen-bond donors (Lipinski definition) is 2. The quantitative estimate of drug-likeness (QED) is 0.623. The van der Waals surface area contributed by atoms with Gasteiger partial charge in [-0.3, -0.25) is 10.3 Å². The Bertz CT molecular complexity index is 483. The number of rotatable bonds is 5. The minimum Gasteiger partial charge on any atom is -0.384 e. The molecule has 0 spiro atoms. The van der Waals surface area contributed by atoms with Crippen molar-refractivity contribution in [2.45, 2.75) is 18.8 Å². The zero-order valence-corrected chi connectivity index (χ0v) is 11.7. The summed E-state index contributed by atoms with van der Waals surface area (Å²) in [6.07, 6.45) is -0.00176. The number of benzene rings is 1. The highest BCUT2D eigenvalue weighted by Gasteiger charge is 2.33. The minimum atomic E-state index is -0.421. The van der Waals surface area contributed by atoms with Crippen LogP contribution in [0.5, 0.6) is 0 Å². The fourth-order valence-corrected chi connectivity index (χ4v) is 2.55. The summed E-state index contributed by atoms with van der Waals surface area (Å²) in [6, 6.07) is 4.94. The third kappa shape index (κ3) is 2.98. The molecular weight excluding hydrogens is 261 g/mol. The second-order valence-electron chi connectivity index (χ2n) is 4.93. The molecule has 1 aliphatic rings. The summed E-state index contributed by atoms with van der Waals surface area (Å²) in [6.45, 7) is 1.84. The molecule has 0 radical (unpaired) electrons. The van der Waals surface area contributed by atoms with E-state index in [1.54, 1.807) is 26.4 Å². The van der Waals surface area contributed by atoms with E-state index in [9.17, 15) is 4.39 Å². The van der Waals surface area contributed by atoms with Gasteiger partial charge in [0.1, 0.15) is 11.7 Å². The first-order valence-electron chi connectivity index (χ1n) is 6.46. The predicted molar refractivity (Wildman–Crippen MR) is 74.3 cm³/mol. The number of nitrogens with zero attached hydrogens (tertiary/aromatic N) is 1. The molecule has 2 rings (SSSR count). The highest BCUT2D eigenvalue weighted by atomic mass is 19.1. The Kier molecular flexibility index (Phi) is 4.69. The van der Waals surface area contributed by atoms with E-state index in [2.05, 4.69) is 4.90 Å². The van der Waals surface area contributed by atoms with Crippen LogP contribution in [0.1, 0.15) is 11.1 Å². The predicted octanol–water partition coefficient (Wildman–Crippen LogP) is 0.955. The Labute approximate surface area is 118 Å². The van der Waals surface area contributed by atoms with E-state index in [0.29, 0.717) is 25.2 Å². The zero-order valence-electron chi connectivity index (χ0n) is 11.7. The maximum Gasteiger partial charge on any atom is 0.138 e. The highest BCUT2D eigenvalue weighted by molar-refractivity contribution is 5.95. The number of amidine groups is 1. The molecule has 2 atom stereocenters. The van der Waals surface area contributed by atoms with Crippen molar-refractivity contribution in [3.63, 3.8) is 0 Å². The Hall–Kier alpha value is -1.50. The van der Waals surface area contributed by atoms with Crippen LogP contribution in [0.4, 0.5) is 4.39 Å². The topological polar surface area (TPSA) is 71.6 Å². The molecule has 20 heavy (non-hydrogen) atoms. The first kappa shape index (κ1) is 14.9. The van der Waals surface area contributed by atoms with Gasteiger partial charge in [0.05, 0.1) is 17.8 Å². The molecule has 5 nitrogen and oxygen atoms in total. The van der Waals surface area contributed by atoms with Crippen LogP contribution in [-0.4, -0.2) is 50.3 Å². The van der Waals surface area contributed by atoms with E-state index in [4.69, 9.17) is 20.6 Å². The van der Waals surface area contributed by atoms with Gasteiger partial charge < -0.3 is 15.2 Å². The van der Waals surface area contributed by atoms with Gasteiger partial charge in [-0.15, -0.1) is 0 Å². The Morgan fingerprint density at radius 2 is 1.95 bits per heavy atom. The SMILES string of the molecule is COC1CN(Cc2cccc(C(=N)N)c2F)CC1OC. The Morgan fingerprint density at radius 1 is 1.35 bits per heavy atom. The second-order valence-corrected chi connectivity index (χ2v) is 4.93. The largest absolute Gasteiger partial charge is 0.384 e. The van der Waals surface area contributed by atoms with E-state index >= 15 is 0 Å². The van der Waals surface area contributed by atoms with Crippen LogP contribution >= 0.6 is 0 Å². The third-order valence-electron chi connectivity index (χ3n) is 3.66. The molecule has 0 aliphatic carbocycles. The molecule has 1 fully saturated rings. The molecule has 110 valence electrons. The van der Waals surface area contributed by atoms with Crippen molar-refractivity contribution < 1.29 is 13.9 Å². The number of nitrogen functional groups attached to an aromatic ring is 1. The normalized spacial score (nSPS) is 23.1. The average Bonchev–Trinajstić information content (AvgIpc) is 2.83. The molecule has 2 unspecified atom stereocenters. The van der Waals surface area contributed by atoms with Crippen molar-refractivity contribution in [1.82, 2.24) is 4.90 Å². The number of methoxy groups -OCH3 is 2. The lowest BCUT2D eigenvalue weighted by atomic mass is 10.1. The average molecular weight is 281 g/mol. The Balaban J connectivity index is 2.12. The minimum absolute atomic E-state index is 0.000879. The van der Waals surface area contributed by atoms with Crippen LogP contribution in [0.25, 0.3) is 0 Å². The van der Waals surface area contributed by atoms with Crippen molar-refractivity contribution in [3.05, 3.63) is 35.1 Å². The summed E-state index contributed by atoms with van der Waals surface area (Å²) in [5, 5.41) is 7.37. The van der Waals surface area contributed by atoms with Crippen molar-refractivity contribution in [2.75, 3.05) is 27.3 Å². The first-order chi connectivity index (χ1) is 9.56. The fraction of sp³-hybridized carbons (Fsp3) is 0.500. The number of ether oxygens (including phenoxy) is 2. The molecule has 3 N–H and O–H groups in total. The molecule has 1 aromatic carbocycles. The van der Waals surface area contributed by atoms with Gasteiger partial charge in [0, 0.05) is 39.4 Å². The molecule has 0 amide bonds. The van der Waals surface area contributed by atoms with Gasteiger partial charge in [-0.1, -0.05) is 12.1 Å². The molecule has 0 bridgehead atoms. The molecule has 1 aliphatic heterocycles. The van der Waals surface area contributed by atoms with Gasteiger partial charge in [0.2, 0.25) is 0 Å². The van der Waals surface area contributed by atoms with E-state index in [-0.39, 0.29) is 23.6 Å². The monoisotopic (exact) mass is 281 g/mol. The van der Waals surface area contributed by atoms with Crippen LogP contribution < -0.4 is 5.73 Å². The highest BCUT2D eigenvalue weighted by Crippen LogP contribution is 2.20. The van der Waals surface area contributed by atoms with Crippen LogP contribution in [0.2, 0.25) is 0 Å². The van der Waals surface area contributed by atoms with Gasteiger partial charge in [0.25, 0.3) is 0 Å². The molecule has 6 heteroatoms. The van der Waals surface area contributed by atoms with E-state index < -0.39 is 5.82 Å². The first-order valence-corrected chi connectivity index (χ1v) is 6.46. The zero-order chi connectivity index (χ0) is 14.7. The van der Waals surface area contributed by atoms with Gasteiger partial charge >= 0.3 is 0 Å². The number of hydrogen-bond acceptors (Lipinski definition) is 4. The molecular formula is C14H20FN3O2. The van der Waals surface area contributed by atoms with Gasteiger partial charge in [-0.25, -0.2) is 4.39 Å². The molecule has 0 aromatic heterocycles. The lowest BCUT2D eigenvalue weighted by Crippen LogP contribution is -2.27. The van der Waals surface area contributed by atoms with Crippen molar-refractivity contribution in [2.24, 2.45) is 5.73 Å². The van der Waals surface area contributed by atoms with Crippen LogP contribution in [-0.2, 0) is 16.0 Å². The van der Waals surface area contributed by atoms with E-state index in [0.717, 1.165) is 0 Å². The fourth-order valence-electron chi connectivity index (χ4n) is 2.55. The molecule has 1 heterocycles. The summed E-state index contributed by atoms with van der Waals surface area (Å²) >= 11 is 0. The van der Waals surface area contributed by atoms with E-state index in [1.165, 1.54) is 6.07 Å². The summed E-state index contributed by atoms with van der Waals surface area (Å²) in [7, 11) is 3.30. The van der Waals surface area contributed by atoms with Gasteiger partial charge in [0.15, 0.2) is 0 Å². The maximum atomic E-state index is 14.2. The molecule has 0 saturated carbocycles. The molecule has 1 saturated heterocycles. The number of halogens is 1. The molecule has 1 aromatic rings. The number of likely N-dealkylation sites (tertiary alicyclic amines) is 1. The van der Waals surface area contributed by atoms with Crippen molar-refractivity contribution >= 4 is 5.84 Å². The van der Waals surface area contributed by atoms with Gasteiger partial charge in [-0.2, -0.15) is 0 Å². The van der Waals surface area contributed by atoms with Crippen molar-refractivity contribution in [3.8, 4) is 0 Å². The summed E-state index contributed by atoms with van der Waals surface area (Å²) in [5.41, 5.74) is 6.05. The third-order valence-corrected chi connectivity index (χ3v) is 3.66. The lowest BCUT2D eigenvalue weighted by molar-refractivity contribution is -0.00461. The van der Waals surface area contributed by atoms with Gasteiger partial charge in [-0.05, 0) is 6.07 Å². The smallest absolute Gasteiger partial charge is 0.138 e. The van der Waals surface area contributed by atoms with E-state index in [1.807, 2.05) is 0 Å². The summed E-state index contributed by atoms with van der Waals surface area (Å²) in [5.74, 6) is -0.676. The lowest BCUT2D eigenvalue weighted by Gasteiger charge is -2.16. The van der Waals surface area contributed by atoms with Crippen LogP contribution in [0.3, 0.4) is 0 Å². The van der Waals surface area contributed by atoms with Crippen molar-refractivity contribution in [1.29, 1.82) is 5.41 Å². The second kappa shape index (κ2) is 6.30. The van der Waals surface area contributed by atoms with Crippen LogP contribution in [0.15, 0.2) is 18.2 Å². The standard InChI is InChI=1S/C14H20FN3O2/c1-19-11-7-18(8-12(11)20-2)6-9-4-3-5-10(13(9)15)14(16)17/h3-5,11-12H,6-8H2,1-2H3,(H3,16,17). The Morgan fingerprint density at radius 3 is 2.45 bits per heavy atom. The number of nitrogens with one attached hydrogen (secondary N) is 1. The van der Waals surface area contributed by atoms with Crippen LogP contribution in [0, 0.1) is 11.2 Å². The summed E-state index contributed by atoms with van der Waals surface area (Å²) < 4.78 is 24.9.